The molecule has 0 N–H and O–H groups in total. The molecule has 0 saturated carbocycles. The third-order valence-electron chi connectivity index (χ3n) is 2.70. The Morgan fingerprint density at radius 3 is 2.65 bits per heavy atom. The summed E-state index contributed by atoms with van der Waals surface area (Å²) in [6.45, 7) is 12.4. The lowest BCUT2D eigenvalue weighted by Crippen LogP contribution is -2.28. The highest BCUT2D eigenvalue weighted by molar-refractivity contribution is 4.97. The van der Waals surface area contributed by atoms with Gasteiger partial charge in [-0.15, -0.1) is 5.10 Å². The molecule has 0 aliphatic heterocycles. The molecule has 17 heavy (non-hydrogen) atoms. The van der Waals surface area contributed by atoms with E-state index in [4.69, 9.17) is 4.74 Å². The Kier molecular flexibility index (Phi) is 5.12. The fourth-order valence-electron chi connectivity index (χ4n) is 1.63. The molecule has 0 aliphatic carbocycles. The molecule has 0 saturated heterocycles. The highest BCUT2D eigenvalue weighted by Gasteiger charge is 2.20. The lowest BCUT2D eigenvalue weighted by atomic mass is 10.0. The van der Waals surface area contributed by atoms with Crippen molar-refractivity contribution < 1.29 is 4.74 Å². The number of aryl methyl sites for hydroxylation is 1. The third kappa shape index (κ3) is 5.31. The molecule has 0 spiro atoms. The molecule has 0 radical (unpaired) electrons. The summed E-state index contributed by atoms with van der Waals surface area (Å²) < 4.78 is 7.76. The second-order valence-electron chi connectivity index (χ2n) is 5.53. The van der Waals surface area contributed by atoms with E-state index in [1.807, 2.05) is 10.9 Å². The summed E-state index contributed by atoms with van der Waals surface area (Å²) in [7, 11) is 0. The second-order valence-corrected chi connectivity index (χ2v) is 5.53. The van der Waals surface area contributed by atoms with Crippen molar-refractivity contribution in [2.45, 2.75) is 59.6 Å². The molecule has 0 amide bonds. The van der Waals surface area contributed by atoms with Gasteiger partial charge in [-0.3, -0.25) is 4.68 Å². The van der Waals surface area contributed by atoms with Crippen molar-refractivity contribution in [3.05, 3.63) is 11.9 Å². The minimum atomic E-state index is -0.163. The topological polar surface area (TPSA) is 39.9 Å². The molecule has 4 nitrogen and oxygen atoms in total. The lowest BCUT2D eigenvalue weighted by molar-refractivity contribution is -0.0221. The van der Waals surface area contributed by atoms with Gasteiger partial charge in [0.05, 0.1) is 11.3 Å². The summed E-state index contributed by atoms with van der Waals surface area (Å²) in [5.74, 6) is 0.687. The van der Waals surface area contributed by atoms with Gasteiger partial charge in [0.25, 0.3) is 0 Å². The van der Waals surface area contributed by atoms with Crippen LogP contribution in [0, 0.1) is 5.92 Å². The van der Waals surface area contributed by atoms with Gasteiger partial charge < -0.3 is 4.74 Å². The van der Waals surface area contributed by atoms with Crippen LogP contribution in [-0.2, 0) is 17.7 Å². The fourth-order valence-corrected chi connectivity index (χ4v) is 1.63. The molecule has 0 fully saturated rings. The molecule has 4 heteroatoms. The smallest absolute Gasteiger partial charge is 0.0855 e. The third-order valence-corrected chi connectivity index (χ3v) is 2.70. The van der Waals surface area contributed by atoms with E-state index in [-0.39, 0.29) is 5.60 Å². The van der Waals surface area contributed by atoms with Crippen molar-refractivity contribution in [2.24, 2.45) is 5.92 Å². The zero-order valence-corrected chi connectivity index (χ0v) is 11.7. The monoisotopic (exact) mass is 239 g/mol. The Balaban J connectivity index is 2.42. The highest BCUT2D eigenvalue weighted by atomic mass is 16.5. The first-order valence-corrected chi connectivity index (χ1v) is 6.46. The van der Waals surface area contributed by atoms with Crippen LogP contribution in [0.1, 0.15) is 46.7 Å². The second kappa shape index (κ2) is 6.15. The predicted octanol–water partition coefficient (Wildman–Crippen LogP) is 2.68. The number of rotatable bonds is 7. The van der Waals surface area contributed by atoms with Crippen LogP contribution in [0.25, 0.3) is 0 Å². The van der Waals surface area contributed by atoms with Crippen LogP contribution in [0.3, 0.4) is 0 Å². The lowest BCUT2D eigenvalue weighted by Gasteiger charge is -2.24. The molecule has 0 aromatic carbocycles. The molecule has 1 rings (SSSR count). The summed E-state index contributed by atoms with van der Waals surface area (Å²) in [6, 6.07) is 0. The number of hydrogen-bond donors (Lipinski definition) is 0. The minimum Gasteiger partial charge on any atom is -0.375 e. The maximum absolute atomic E-state index is 5.91. The number of aromatic nitrogens is 3. The largest absolute Gasteiger partial charge is 0.375 e. The average molecular weight is 239 g/mol. The zero-order chi connectivity index (χ0) is 12.9. The summed E-state index contributed by atoms with van der Waals surface area (Å²) in [5.41, 5.74) is 0.838. The summed E-state index contributed by atoms with van der Waals surface area (Å²) in [6.07, 6.45) is 3.91. The maximum atomic E-state index is 5.91. The van der Waals surface area contributed by atoms with E-state index >= 15 is 0 Å². The quantitative estimate of drug-likeness (QED) is 0.734. The SMILES string of the molecule is CCn1cc(CC(C)(C)OCCC(C)C)nn1. The molecule has 1 aromatic rings. The summed E-state index contributed by atoms with van der Waals surface area (Å²) in [5, 5.41) is 8.19. The van der Waals surface area contributed by atoms with Crippen molar-refractivity contribution >= 4 is 0 Å². The first-order valence-electron chi connectivity index (χ1n) is 6.46. The van der Waals surface area contributed by atoms with Crippen molar-refractivity contribution in [3.63, 3.8) is 0 Å². The minimum absolute atomic E-state index is 0.163. The van der Waals surface area contributed by atoms with Gasteiger partial charge in [-0.25, -0.2) is 0 Å². The van der Waals surface area contributed by atoms with Gasteiger partial charge in [-0.05, 0) is 33.1 Å². The molecular formula is C13H25N3O. The van der Waals surface area contributed by atoms with E-state index in [0.717, 1.165) is 31.7 Å². The molecular weight excluding hydrogens is 214 g/mol. The molecule has 0 unspecified atom stereocenters. The summed E-state index contributed by atoms with van der Waals surface area (Å²) in [4.78, 5) is 0. The van der Waals surface area contributed by atoms with E-state index in [1.165, 1.54) is 0 Å². The van der Waals surface area contributed by atoms with Crippen LogP contribution in [0.4, 0.5) is 0 Å². The van der Waals surface area contributed by atoms with Gasteiger partial charge in [-0.1, -0.05) is 19.1 Å². The van der Waals surface area contributed by atoms with E-state index in [0.29, 0.717) is 5.92 Å². The van der Waals surface area contributed by atoms with Crippen LogP contribution in [0.2, 0.25) is 0 Å². The van der Waals surface area contributed by atoms with Gasteiger partial charge in [0.15, 0.2) is 0 Å². The summed E-state index contributed by atoms with van der Waals surface area (Å²) >= 11 is 0. The van der Waals surface area contributed by atoms with Crippen LogP contribution in [0.15, 0.2) is 6.20 Å². The number of ether oxygens (including phenoxy) is 1. The van der Waals surface area contributed by atoms with Gasteiger partial charge >= 0.3 is 0 Å². The van der Waals surface area contributed by atoms with Gasteiger partial charge in [0.1, 0.15) is 0 Å². The van der Waals surface area contributed by atoms with E-state index < -0.39 is 0 Å². The average Bonchev–Trinajstić information content (AvgIpc) is 2.63. The molecule has 98 valence electrons. The van der Waals surface area contributed by atoms with Crippen molar-refractivity contribution in [2.75, 3.05) is 6.61 Å². The fraction of sp³-hybridized carbons (Fsp3) is 0.846. The molecule has 0 bridgehead atoms. The van der Waals surface area contributed by atoms with Gasteiger partial charge in [-0.2, -0.15) is 0 Å². The highest BCUT2D eigenvalue weighted by Crippen LogP contribution is 2.16. The van der Waals surface area contributed by atoms with E-state index in [1.54, 1.807) is 0 Å². The Morgan fingerprint density at radius 1 is 1.41 bits per heavy atom. The zero-order valence-electron chi connectivity index (χ0n) is 11.7. The van der Waals surface area contributed by atoms with Gasteiger partial charge in [0.2, 0.25) is 0 Å². The van der Waals surface area contributed by atoms with Crippen molar-refractivity contribution in [3.8, 4) is 0 Å². The van der Waals surface area contributed by atoms with Crippen LogP contribution in [-0.4, -0.2) is 27.2 Å². The number of hydrogen-bond acceptors (Lipinski definition) is 3. The van der Waals surface area contributed by atoms with Gasteiger partial charge in [0, 0.05) is 25.8 Å². The normalized spacial score (nSPS) is 12.4. The maximum Gasteiger partial charge on any atom is 0.0855 e. The van der Waals surface area contributed by atoms with Crippen LogP contribution in [0.5, 0.6) is 0 Å². The predicted molar refractivity (Wildman–Crippen MR) is 68.9 cm³/mol. The Morgan fingerprint density at radius 2 is 2.12 bits per heavy atom. The van der Waals surface area contributed by atoms with Crippen LogP contribution >= 0.6 is 0 Å². The van der Waals surface area contributed by atoms with E-state index in [9.17, 15) is 0 Å². The van der Waals surface area contributed by atoms with Crippen molar-refractivity contribution in [1.82, 2.24) is 15.0 Å². The Labute approximate surface area is 104 Å². The van der Waals surface area contributed by atoms with Crippen LogP contribution < -0.4 is 0 Å². The standard InChI is InChI=1S/C13H25N3O/c1-6-16-10-12(14-15-16)9-13(4,5)17-8-7-11(2)3/h10-11H,6-9H2,1-5H3. The Hall–Kier alpha value is -0.900. The number of nitrogens with zero attached hydrogens (tertiary/aromatic N) is 3. The van der Waals surface area contributed by atoms with Crippen molar-refractivity contribution in [1.29, 1.82) is 0 Å². The Bertz CT molecular complexity index is 331. The molecule has 1 heterocycles. The first-order chi connectivity index (χ1) is 7.93. The molecule has 1 aromatic heterocycles. The first kappa shape index (κ1) is 14.2. The van der Waals surface area contributed by atoms with E-state index in [2.05, 4.69) is 44.9 Å². The molecule has 0 atom stereocenters. The molecule has 0 aliphatic rings.